The first-order valence-corrected chi connectivity index (χ1v) is 6.28. The Kier molecular flexibility index (Phi) is 3.76. The third kappa shape index (κ3) is 2.72. The van der Waals surface area contributed by atoms with Gasteiger partial charge in [0.1, 0.15) is 5.82 Å². The summed E-state index contributed by atoms with van der Waals surface area (Å²) in [5.74, 6) is 0.893. The fraction of sp³-hybridized carbons (Fsp3) is 0.273. The lowest BCUT2D eigenvalue weighted by molar-refractivity contribution is 0.876. The SMILES string of the molecule is CCCNc1cc(-n2cc(I)cn2)ccn1. The van der Waals surface area contributed by atoms with E-state index in [1.807, 2.05) is 29.2 Å². The van der Waals surface area contributed by atoms with Crippen LogP contribution in [0.4, 0.5) is 5.82 Å². The van der Waals surface area contributed by atoms with Gasteiger partial charge >= 0.3 is 0 Å². The maximum absolute atomic E-state index is 4.26. The standard InChI is InChI=1S/C11H13IN4/c1-2-4-13-11-6-10(3-5-14-11)16-8-9(12)7-15-16/h3,5-8H,2,4H2,1H3,(H,13,14). The molecule has 84 valence electrons. The Labute approximate surface area is 108 Å². The topological polar surface area (TPSA) is 42.7 Å². The van der Waals surface area contributed by atoms with Crippen LogP contribution >= 0.6 is 22.6 Å². The van der Waals surface area contributed by atoms with Crippen molar-refractivity contribution in [2.45, 2.75) is 13.3 Å². The first-order chi connectivity index (χ1) is 7.79. The summed E-state index contributed by atoms with van der Waals surface area (Å²) in [6.07, 6.45) is 6.70. The first-order valence-electron chi connectivity index (χ1n) is 5.20. The molecular formula is C11H13IN4. The fourth-order valence-corrected chi connectivity index (χ4v) is 1.74. The number of hydrogen-bond acceptors (Lipinski definition) is 3. The lowest BCUT2D eigenvalue weighted by Gasteiger charge is -2.06. The monoisotopic (exact) mass is 328 g/mol. The van der Waals surface area contributed by atoms with Gasteiger partial charge in [0, 0.05) is 25.0 Å². The van der Waals surface area contributed by atoms with Gasteiger partial charge in [-0.25, -0.2) is 9.67 Å². The Hall–Kier alpha value is -1.11. The lowest BCUT2D eigenvalue weighted by atomic mass is 10.4. The third-order valence-electron chi connectivity index (χ3n) is 2.12. The van der Waals surface area contributed by atoms with Crippen molar-refractivity contribution in [1.29, 1.82) is 0 Å². The molecule has 0 saturated heterocycles. The van der Waals surface area contributed by atoms with Crippen molar-refractivity contribution in [2.75, 3.05) is 11.9 Å². The van der Waals surface area contributed by atoms with Crippen LogP contribution in [0.5, 0.6) is 0 Å². The molecule has 0 saturated carbocycles. The number of rotatable bonds is 4. The van der Waals surface area contributed by atoms with E-state index < -0.39 is 0 Å². The van der Waals surface area contributed by atoms with E-state index in [0.29, 0.717) is 0 Å². The molecule has 0 aliphatic rings. The molecule has 1 N–H and O–H groups in total. The highest BCUT2D eigenvalue weighted by Crippen LogP contribution is 2.12. The van der Waals surface area contributed by atoms with Gasteiger partial charge in [-0.15, -0.1) is 0 Å². The molecule has 0 unspecified atom stereocenters. The quantitative estimate of drug-likeness (QED) is 0.878. The van der Waals surface area contributed by atoms with Gasteiger partial charge in [-0.2, -0.15) is 5.10 Å². The highest BCUT2D eigenvalue weighted by molar-refractivity contribution is 14.1. The number of pyridine rings is 1. The molecule has 0 aliphatic heterocycles. The number of nitrogens with zero attached hydrogens (tertiary/aromatic N) is 3. The van der Waals surface area contributed by atoms with Crippen molar-refractivity contribution in [2.24, 2.45) is 0 Å². The average molecular weight is 328 g/mol. The summed E-state index contributed by atoms with van der Waals surface area (Å²) < 4.78 is 2.97. The molecule has 2 aromatic heterocycles. The average Bonchev–Trinajstić information content (AvgIpc) is 2.74. The molecule has 0 aliphatic carbocycles. The Bertz CT molecular complexity index is 467. The van der Waals surface area contributed by atoms with E-state index in [-0.39, 0.29) is 0 Å². The zero-order chi connectivity index (χ0) is 11.4. The molecule has 0 atom stereocenters. The number of hydrogen-bond donors (Lipinski definition) is 1. The minimum atomic E-state index is 0.893. The fourth-order valence-electron chi connectivity index (χ4n) is 1.35. The lowest BCUT2D eigenvalue weighted by Crippen LogP contribution is -2.03. The number of halogens is 1. The van der Waals surface area contributed by atoms with Crippen LogP contribution < -0.4 is 5.32 Å². The van der Waals surface area contributed by atoms with Gasteiger partial charge in [0.2, 0.25) is 0 Å². The molecule has 0 aromatic carbocycles. The van der Waals surface area contributed by atoms with Crippen molar-refractivity contribution < 1.29 is 0 Å². The molecule has 0 amide bonds. The Balaban J connectivity index is 2.22. The van der Waals surface area contributed by atoms with Crippen LogP contribution in [0.15, 0.2) is 30.7 Å². The predicted molar refractivity (Wildman–Crippen MR) is 72.9 cm³/mol. The van der Waals surface area contributed by atoms with Crippen molar-refractivity contribution in [3.05, 3.63) is 34.3 Å². The summed E-state index contributed by atoms with van der Waals surface area (Å²) in [5, 5.41) is 7.52. The van der Waals surface area contributed by atoms with E-state index in [1.165, 1.54) is 0 Å². The molecule has 2 aromatic rings. The Morgan fingerprint density at radius 2 is 2.38 bits per heavy atom. The Morgan fingerprint density at radius 1 is 1.50 bits per heavy atom. The molecule has 2 heterocycles. The third-order valence-corrected chi connectivity index (χ3v) is 2.67. The maximum atomic E-state index is 4.26. The van der Waals surface area contributed by atoms with Crippen LogP contribution in [0.25, 0.3) is 5.69 Å². The summed E-state index contributed by atoms with van der Waals surface area (Å²) in [6.45, 7) is 3.07. The van der Waals surface area contributed by atoms with Gasteiger partial charge in [-0.1, -0.05) is 6.92 Å². The van der Waals surface area contributed by atoms with Crippen LogP contribution in [0.2, 0.25) is 0 Å². The molecule has 0 radical (unpaired) electrons. The van der Waals surface area contributed by atoms with Gasteiger partial charge < -0.3 is 5.32 Å². The second kappa shape index (κ2) is 5.29. The number of anilines is 1. The van der Waals surface area contributed by atoms with Gasteiger partial charge in [-0.3, -0.25) is 0 Å². The molecule has 0 spiro atoms. The minimum absolute atomic E-state index is 0.893. The van der Waals surface area contributed by atoms with E-state index in [4.69, 9.17) is 0 Å². The van der Waals surface area contributed by atoms with Gasteiger partial charge in [0.05, 0.1) is 15.5 Å². The minimum Gasteiger partial charge on any atom is -0.370 e. The van der Waals surface area contributed by atoms with Crippen LogP contribution in [-0.2, 0) is 0 Å². The molecule has 4 nitrogen and oxygen atoms in total. The smallest absolute Gasteiger partial charge is 0.128 e. The molecule has 0 fully saturated rings. The largest absolute Gasteiger partial charge is 0.370 e. The van der Waals surface area contributed by atoms with Crippen LogP contribution in [0.3, 0.4) is 0 Å². The highest BCUT2D eigenvalue weighted by atomic mass is 127. The molecule has 5 heteroatoms. The zero-order valence-electron chi connectivity index (χ0n) is 9.02. The van der Waals surface area contributed by atoms with Crippen LogP contribution in [-0.4, -0.2) is 21.3 Å². The molecular weight excluding hydrogens is 315 g/mol. The van der Waals surface area contributed by atoms with Crippen LogP contribution in [0.1, 0.15) is 13.3 Å². The summed E-state index contributed by atoms with van der Waals surface area (Å²) in [4.78, 5) is 4.26. The summed E-state index contributed by atoms with van der Waals surface area (Å²) in [7, 11) is 0. The first kappa shape index (κ1) is 11.4. The normalized spacial score (nSPS) is 10.4. The van der Waals surface area contributed by atoms with E-state index in [2.05, 4.69) is 44.9 Å². The van der Waals surface area contributed by atoms with Crippen LogP contribution in [0, 0.1) is 3.57 Å². The van der Waals surface area contributed by atoms with E-state index in [9.17, 15) is 0 Å². The van der Waals surface area contributed by atoms with E-state index in [1.54, 1.807) is 6.20 Å². The summed E-state index contributed by atoms with van der Waals surface area (Å²) >= 11 is 2.24. The second-order valence-corrected chi connectivity index (χ2v) is 4.67. The van der Waals surface area contributed by atoms with Crippen molar-refractivity contribution >= 4 is 28.4 Å². The summed E-state index contributed by atoms with van der Waals surface area (Å²) in [5.41, 5.74) is 1.02. The molecule has 16 heavy (non-hydrogen) atoms. The number of aromatic nitrogens is 3. The molecule has 2 rings (SSSR count). The maximum Gasteiger partial charge on any atom is 0.128 e. The zero-order valence-corrected chi connectivity index (χ0v) is 11.2. The number of nitrogens with one attached hydrogen (secondary N) is 1. The van der Waals surface area contributed by atoms with Crippen molar-refractivity contribution in [3.8, 4) is 5.69 Å². The second-order valence-electron chi connectivity index (χ2n) is 3.43. The van der Waals surface area contributed by atoms with E-state index >= 15 is 0 Å². The highest BCUT2D eigenvalue weighted by Gasteiger charge is 2.00. The van der Waals surface area contributed by atoms with Gasteiger partial charge in [-0.05, 0) is 35.1 Å². The van der Waals surface area contributed by atoms with Gasteiger partial charge in [0.25, 0.3) is 0 Å². The van der Waals surface area contributed by atoms with Gasteiger partial charge in [0.15, 0.2) is 0 Å². The predicted octanol–water partition coefficient (Wildman–Crippen LogP) is 2.69. The van der Waals surface area contributed by atoms with Crippen molar-refractivity contribution in [1.82, 2.24) is 14.8 Å². The Morgan fingerprint density at radius 3 is 3.06 bits per heavy atom. The van der Waals surface area contributed by atoms with E-state index in [0.717, 1.165) is 28.0 Å². The van der Waals surface area contributed by atoms with Crippen molar-refractivity contribution in [3.63, 3.8) is 0 Å². The molecule has 0 bridgehead atoms. The summed E-state index contributed by atoms with van der Waals surface area (Å²) in [6, 6.07) is 3.94.